The molecule has 0 saturated carbocycles. The minimum absolute atomic E-state index is 0.164. The van der Waals surface area contributed by atoms with Gasteiger partial charge >= 0.3 is 6.18 Å². The topological polar surface area (TPSA) is 75.4 Å². The molecule has 19 heavy (non-hydrogen) atoms. The zero-order valence-electron chi connectivity index (χ0n) is 10.1. The molecule has 1 aromatic rings. The number of anilines is 1. The summed E-state index contributed by atoms with van der Waals surface area (Å²) in [5, 5.41) is 21.8. The Bertz CT molecular complexity index is 463. The van der Waals surface area contributed by atoms with Crippen LogP contribution in [-0.4, -0.2) is 22.7 Å². The normalized spacial score (nSPS) is 13.1. The Morgan fingerprint density at radius 3 is 2.58 bits per heavy atom. The number of non-ortho nitro benzene ring substituents is 1. The van der Waals surface area contributed by atoms with Crippen LogP contribution in [0.1, 0.15) is 18.9 Å². The minimum atomic E-state index is -4.69. The zero-order valence-corrected chi connectivity index (χ0v) is 10.1. The molecule has 8 heteroatoms. The Morgan fingerprint density at radius 2 is 2.11 bits per heavy atom. The summed E-state index contributed by atoms with van der Waals surface area (Å²) in [4.78, 5) is 9.62. The highest BCUT2D eigenvalue weighted by atomic mass is 19.4. The molecule has 0 aliphatic heterocycles. The fourth-order valence-electron chi connectivity index (χ4n) is 1.54. The van der Waals surface area contributed by atoms with Gasteiger partial charge in [-0.2, -0.15) is 13.2 Å². The van der Waals surface area contributed by atoms with Gasteiger partial charge in [0.15, 0.2) is 0 Å². The lowest BCUT2D eigenvalue weighted by Crippen LogP contribution is -2.20. The largest absolute Gasteiger partial charge is 0.418 e. The van der Waals surface area contributed by atoms with Crippen molar-refractivity contribution in [3.05, 3.63) is 33.9 Å². The first-order valence-electron chi connectivity index (χ1n) is 5.48. The lowest BCUT2D eigenvalue weighted by atomic mass is 10.1. The lowest BCUT2D eigenvalue weighted by molar-refractivity contribution is -0.385. The van der Waals surface area contributed by atoms with Gasteiger partial charge in [0.05, 0.1) is 10.5 Å². The van der Waals surface area contributed by atoms with Crippen molar-refractivity contribution in [3.63, 3.8) is 0 Å². The second-order valence-corrected chi connectivity index (χ2v) is 4.04. The van der Waals surface area contributed by atoms with Crippen molar-refractivity contribution < 1.29 is 23.2 Å². The van der Waals surface area contributed by atoms with E-state index in [0.29, 0.717) is 6.07 Å². The summed E-state index contributed by atoms with van der Waals surface area (Å²) >= 11 is 0. The standard InChI is InChI=1S/C11H13F3N2O3/c1-7(4-5-17)15-10-3-2-8(16(18)19)6-9(10)11(12,13)14/h2-3,6-7,15,17H,4-5H2,1H3. The molecule has 106 valence electrons. The molecule has 0 radical (unpaired) electrons. The third-order valence-electron chi connectivity index (χ3n) is 2.48. The van der Waals surface area contributed by atoms with E-state index in [4.69, 9.17) is 5.11 Å². The van der Waals surface area contributed by atoms with Crippen LogP contribution in [0.25, 0.3) is 0 Å². The molecule has 0 heterocycles. The number of hydrogen-bond acceptors (Lipinski definition) is 4. The molecular weight excluding hydrogens is 265 g/mol. The van der Waals surface area contributed by atoms with Crippen molar-refractivity contribution in [1.29, 1.82) is 0 Å². The number of nitrogens with zero attached hydrogens (tertiary/aromatic N) is 1. The summed E-state index contributed by atoms with van der Waals surface area (Å²) in [6.07, 6.45) is -4.42. The highest BCUT2D eigenvalue weighted by molar-refractivity contribution is 5.57. The number of alkyl halides is 3. The van der Waals surface area contributed by atoms with Crippen LogP contribution >= 0.6 is 0 Å². The quantitative estimate of drug-likeness (QED) is 0.641. The van der Waals surface area contributed by atoms with E-state index in [1.165, 1.54) is 0 Å². The number of nitro groups is 1. The molecule has 0 spiro atoms. The van der Waals surface area contributed by atoms with Crippen LogP contribution in [0.15, 0.2) is 18.2 Å². The SMILES string of the molecule is CC(CCO)Nc1ccc([N+](=O)[O-])cc1C(F)(F)F. The average molecular weight is 278 g/mol. The molecule has 1 rings (SSSR count). The maximum atomic E-state index is 12.8. The van der Waals surface area contributed by atoms with Crippen molar-refractivity contribution in [3.8, 4) is 0 Å². The molecule has 0 amide bonds. The number of nitro benzene ring substituents is 1. The third kappa shape index (κ3) is 4.09. The molecule has 0 aromatic heterocycles. The van der Waals surface area contributed by atoms with Crippen molar-refractivity contribution in [1.82, 2.24) is 0 Å². The first-order valence-corrected chi connectivity index (χ1v) is 5.48. The van der Waals surface area contributed by atoms with Crippen LogP contribution < -0.4 is 5.32 Å². The van der Waals surface area contributed by atoms with E-state index in [1.807, 2.05) is 0 Å². The van der Waals surface area contributed by atoms with E-state index in [1.54, 1.807) is 6.92 Å². The maximum absolute atomic E-state index is 12.8. The van der Waals surface area contributed by atoms with Crippen LogP contribution in [-0.2, 0) is 6.18 Å². The summed E-state index contributed by atoms with van der Waals surface area (Å²) in [7, 11) is 0. The van der Waals surface area contributed by atoms with Gasteiger partial charge in [-0.15, -0.1) is 0 Å². The molecule has 1 unspecified atom stereocenters. The molecule has 0 fully saturated rings. The smallest absolute Gasteiger partial charge is 0.396 e. The van der Waals surface area contributed by atoms with E-state index < -0.39 is 22.4 Å². The predicted molar refractivity (Wildman–Crippen MR) is 62.9 cm³/mol. The highest BCUT2D eigenvalue weighted by Crippen LogP contribution is 2.37. The van der Waals surface area contributed by atoms with Crippen molar-refractivity contribution in [2.45, 2.75) is 25.6 Å². The number of hydrogen-bond donors (Lipinski definition) is 2. The number of nitrogens with one attached hydrogen (secondary N) is 1. The summed E-state index contributed by atoms with van der Waals surface area (Å²) in [6.45, 7) is 1.44. The lowest BCUT2D eigenvalue weighted by Gasteiger charge is -2.18. The van der Waals surface area contributed by atoms with Gasteiger partial charge in [0.1, 0.15) is 0 Å². The third-order valence-corrected chi connectivity index (χ3v) is 2.48. The summed E-state index contributed by atoms with van der Waals surface area (Å²) in [5.74, 6) is 0. The first-order chi connectivity index (χ1) is 8.75. The van der Waals surface area contributed by atoms with Gasteiger partial charge in [-0.25, -0.2) is 0 Å². The van der Waals surface area contributed by atoms with Crippen molar-refractivity contribution in [2.24, 2.45) is 0 Å². The van der Waals surface area contributed by atoms with Gasteiger partial charge in [0.2, 0.25) is 0 Å². The number of rotatable bonds is 5. The van der Waals surface area contributed by atoms with E-state index in [2.05, 4.69) is 5.32 Å². The fourth-order valence-corrected chi connectivity index (χ4v) is 1.54. The number of aliphatic hydroxyl groups is 1. The van der Waals surface area contributed by atoms with Gasteiger partial charge in [-0.3, -0.25) is 10.1 Å². The maximum Gasteiger partial charge on any atom is 0.418 e. The summed E-state index contributed by atoms with van der Waals surface area (Å²) < 4.78 is 38.4. The number of benzene rings is 1. The van der Waals surface area contributed by atoms with Crippen LogP contribution in [0, 0.1) is 10.1 Å². The Balaban J connectivity index is 3.13. The molecular formula is C11H13F3N2O3. The van der Waals surface area contributed by atoms with E-state index in [9.17, 15) is 23.3 Å². The zero-order chi connectivity index (χ0) is 14.6. The van der Waals surface area contributed by atoms with Gasteiger partial charge in [-0.1, -0.05) is 0 Å². The Hall–Kier alpha value is -1.83. The van der Waals surface area contributed by atoms with Crippen molar-refractivity contribution >= 4 is 11.4 Å². The van der Waals surface area contributed by atoms with Gasteiger partial charge in [0, 0.05) is 30.5 Å². The predicted octanol–water partition coefficient (Wildman–Crippen LogP) is 2.80. The Labute approximate surface area is 107 Å². The molecule has 2 N–H and O–H groups in total. The molecule has 1 atom stereocenters. The number of halogens is 3. The molecule has 0 bridgehead atoms. The summed E-state index contributed by atoms with van der Waals surface area (Å²) in [6, 6.07) is 2.14. The van der Waals surface area contributed by atoms with E-state index in [-0.39, 0.29) is 24.8 Å². The highest BCUT2D eigenvalue weighted by Gasteiger charge is 2.35. The summed E-state index contributed by atoms with van der Waals surface area (Å²) in [5.41, 5.74) is -1.95. The van der Waals surface area contributed by atoms with Crippen LogP contribution in [0.2, 0.25) is 0 Å². The second kappa shape index (κ2) is 5.87. The molecule has 0 aliphatic rings. The molecule has 0 aliphatic carbocycles. The van der Waals surface area contributed by atoms with Gasteiger partial charge in [-0.05, 0) is 19.4 Å². The van der Waals surface area contributed by atoms with E-state index >= 15 is 0 Å². The minimum Gasteiger partial charge on any atom is -0.396 e. The van der Waals surface area contributed by atoms with Crippen LogP contribution in [0.4, 0.5) is 24.5 Å². The molecule has 0 saturated heterocycles. The molecule has 5 nitrogen and oxygen atoms in total. The first kappa shape index (κ1) is 15.2. The van der Waals surface area contributed by atoms with E-state index in [0.717, 1.165) is 12.1 Å². The Morgan fingerprint density at radius 1 is 1.47 bits per heavy atom. The number of aliphatic hydroxyl groups excluding tert-OH is 1. The second-order valence-electron chi connectivity index (χ2n) is 4.04. The average Bonchev–Trinajstić information content (AvgIpc) is 2.27. The van der Waals surface area contributed by atoms with Crippen LogP contribution in [0.5, 0.6) is 0 Å². The van der Waals surface area contributed by atoms with Crippen LogP contribution in [0.3, 0.4) is 0 Å². The van der Waals surface area contributed by atoms with Gasteiger partial charge < -0.3 is 10.4 Å². The monoisotopic (exact) mass is 278 g/mol. The fraction of sp³-hybridized carbons (Fsp3) is 0.455. The Kier molecular flexibility index (Phi) is 4.71. The van der Waals surface area contributed by atoms with Gasteiger partial charge in [0.25, 0.3) is 5.69 Å². The van der Waals surface area contributed by atoms with Crippen molar-refractivity contribution in [2.75, 3.05) is 11.9 Å². The molecule has 1 aromatic carbocycles.